The molecule has 5 heteroatoms. The van der Waals surface area contributed by atoms with Crippen LogP contribution >= 0.6 is 0 Å². The summed E-state index contributed by atoms with van der Waals surface area (Å²) in [6, 6.07) is 39.9. The molecule has 184 valence electrons. The summed E-state index contributed by atoms with van der Waals surface area (Å²) in [6.07, 6.45) is 0. The van der Waals surface area contributed by atoms with Gasteiger partial charge in [0.25, 0.3) is 0 Å². The van der Waals surface area contributed by atoms with E-state index in [1.807, 2.05) is 12.1 Å². The van der Waals surface area contributed by atoms with Gasteiger partial charge in [0.1, 0.15) is 0 Å². The molecule has 0 radical (unpaired) electrons. The lowest BCUT2D eigenvalue weighted by molar-refractivity contribution is 0.426. The Morgan fingerprint density at radius 1 is 0.579 bits per heavy atom. The molecule has 0 fully saturated rings. The standard InChI is InChI=1S/C33H27BN2O2/c1-33(2)27-13-7-9-15-30(27)36(23-10-4-3-5-11-23)32-20-26-25-12-6-8-14-29(25)35(31(26)21-28(32)33)24-18-16-22(17-19-24)34(37)38/h3-21,37-38H,1-2H3. The third kappa shape index (κ3) is 3.26. The van der Waals surface area contributed by atoms with Crippen molar-refractivity contribution in [1.29, 1.82) is 0 Å². The van der Waals surface area contributed by atoms with E-state index in [-0.39, 0.29) is 5.41 Å². The molecule has 0 saturated carbocycles. The topological polar surface area (TPSA) is 48.6 Å². The first-order valence-corrected chi connectivity index (χ1v) is 12.9. The van der Waals surface area contributed by atoms with Crippen LogP contribution in [0.5, 0.6) is 0 Å². The Kier molecular flexibility index (Phi) is 5.02. The van der Waals surface area contributed by atoms with E-state index < -0.39 is 7.12 Å². The quantitative estimate of drug-likeness (QED) is 0.274. The summed E-state index contributed by atoms with van der Waals surface area (Å²) < 4.78 is 2.28. The third-order valence-electron chi connectivity index (χ3n) is 7.99. The Hall–Kier alpha value is -4.32. The van der Waals surface area contributed by atoms with Gasteiger partial charge in [0.2, 0.25) is 0 Å². The van der Waals surface area contributed by atoms with Crippen LogP contribution < -0.4 is 10.4 Å². The average molecular weight is 494 g/mol. The molecule has 0 unspecified atom stereocenters. The lowest BCUT2D eigenvalue weighted by atomic mass is 9.73. The predicted molar refractivity (Wildman–Crippen MR) is 157 cm³/mol. The molecule has 2 heterocycles. The zero-order chi connectivity index (χ0) is 26.0. The molecular weight excluding hydrogens is 467 g/mol. The lowest BCUT2D eigenvalue weighted by Gasteiger charge is -2.42. The molecular formula is C33H27BN2O2. The van der Waals surface area contributed by atoms with Gasteiger partial charge in [-0.05, 0) is 65.1 Å². The summed E-state index contributed by atoms with van der Waals surface area (Å²) >= 11 is 0. The van der Waals surface area contributed by atoms with E-state index in [9.17, 15) is 10.0 Å². The Morgan fingerprint density at radius 2 is 1.26 bits per heavy atom. The Bertz CT molecular complexity index is 1820. The van der Waals surface area contributed by atoms with Crippen LogP contribution in [0.1, 0.15) is 25.0 Å². The molecule has 0 amide bonds. The van der Waals surface area contributed by atoms with Gasteiger partial charge in [0.15, 0.2) is 0 Å². The van der Waals surface area contributed by atoms with Gasteiger partial charge in [-0.15, -0.1) is 0 Å². The highest BCUT2D eigenvalue weighted by Gasteiger charge is 2.37. The molecule has 0 spiro atoms. The van der Waals surface area contributed by atoms with Gasteiger partial charge >= 0.3 is 7.12 Å². The normalized spacial score (nSPS) is 13.9. The van der Waals surface area contributed by atoms with E-state index in [0.717, 1.165) is 22.4 Å². The van der Waals surface area contributed by atoms with Crippen molar-refractivity contribution >= 4 is 51.4 Å². The summed E-state index contributed by atoms with van der Waals surface area (Å²) in [7, 11) is -1.49. The first-order chi connectivity index (χ1) is 18.4. The van der Waals surface area contributed by atoms with Crippen molar-refractivity contribution in [2.45, 2.75) is 19.3 Å². The molecule has 1 aromatic heterocycles. The monoisotopic (exact) mass is 494 g/mol. The van der Waals surface area contributed by atoms with E-state index in [2.05, 4.69) is 114 Å². The molecule has 7 rings (SSSR count). The maximum absolute atomic E-state index is 9.62. The molecule has 4 nitrogen and oxygen atoms in total. The van der Waals surface area contributed by atoms with Crippen molar-refractivity contribution in [3.05, 3.63) is 126 Å². The fourth-order valence-corrected chi connectivity index (χ4v) is 6.09. The average Bonchev–Trinajstić information content (AvgIpc) is 3.27. The van der Waals surface area contributed by atoms with E-state index in [1.54, 1.807) is 12.1 Å². The predicted octanol–water partition coefficient (Wildman–Crippen LogP) is 6.57. The fraction of sp³-hybridized carbons (Fsp3) is 0.0909. The molecule has 6 aromatic rings. The maximum atomic E-state index is 9.62. The number of aromatic nitrogens is 1. The molecule has 38 heavy (non-hydrogen) atoms. The highest BCUT2D eigenvalue weighted by Crippen LogP contribution is 2.53. The number of hydrogen-bond acceptors (Lipinski definition) is 3. The highest BCUT2D eigenvalue weighted by molar-refractivity contribution is 6.58. The summed E-state index contributed by atoms with van der Waals surface area (Å²) in [4.78, 5) is 2.39. The van der Waals surface area contributed by atoms with Gasteiger partial charge in [0, 0.05) is 27.6 Å². The zero-order valence-corrected chi connectivity index (χ0v) is 21.3. The van der Waals surface area contributed by atoms with Crippen LogP contribution in [0.2, 0.25) is 0 Å². The minimum atomic E-state index is -1.49. The molecule has 0 aliphatic carbocycles. The number of hydrogen-bond donors (Lipinski definition) is 2. The van der Waals surface area contributed by atoms with E-state index >= 15 is 0 Å². The molecule has 1 aliphatic rings. The van der Waals surface area contributed by atoms with Gasteiger partial charge in [-0.25, -0.2) is 0 Å². The summed E-state index contributed by atoms with van der Waals surface area (Å²) in [5.74, 6) is 0. The largest absolute Gasteiger partial charge is 0.488 e. The second kappa shape index (κ2) is 8.35. The van der Waals surface area contributed by atoms with Crippen molar-refractivity contribution < 1.29 is 10.0 Å². The summed E-state index contributed by atoms with van der Waals surface area (Å²) in [5.41, 5.74) is 9.57. The van der Waals surface area contributed by atoms with Crippen LogP contribution in [0.25, 0.3) is 27.5 Å². The molecule has 0 bridgehead atoms. The van der Waals surface area contributed by atoms with Gasteiger partial charge in [-0.3, -0.25) is 0 Å². The van der Waals surface area contributed by atoms with Gasteiger partial charge in [-0.1, -0.05) is 80.6 Å². The first-order valence-electron chi connectivity index (χ1n) is 12.9. The number of anilines is 3. The number of para-hydroxylation sites is 3. The van der Waals surface area contributed by atoms with E-state index in [1.165, 1.54) is 33.3 Å². The minimum absolute atomic E-state index is 0.211. The smallest absolute Gasteiger partial charge is 0.423 e. The molecule has 0 atom stereocenters. The zero-order valence-electron chi connectivity index (χ0n) is 21.3. The molecule has 1 aliphatic heterocycles. The van der Waals surface area contributed by atoms with Crippen LogP contribution in [-0.4, -0.2) is 21.7 Å². The number of nitrogens with zero attached hydrogens (tertiary/aromatic N) is 2. The van der Waals surface area contributed by atoms with Crippen molar-refractivity contribution in [3.63, 3.8) is 0 Å². The second-order valence-electron chi connectivity index (χ2n) is 10.5. The van der Waals surface area contributed by atoms with Gasteiger partial charge in [-0.2, -0.15) is 0 Å². The third-order valence-corrected chi connectivity index (χ3v) is 7.99. The Morgan fingerprint density at radius 3 is 2.03 bits per heavy atom. The molecule has 0 saturated heterocycles. The van der Waals surface area contributed by atoms with Crippen molar-refractivity contribution in [2.75, 3.05) is 4.90 Å². The number of fused-ring (bicyclic) bond motifs is 5. The Labute approximate surface area is 222 Å². The van der Waals surface area contributed by atoms with Crippen LogP contribution in [-0.2, 0) is 5.41 Å². The van der Waals surface area contributed by atoms with Gasteiger partial charge < -0.3 is 19.5 Å². The maximum Gasteiger partial charge on any atom is 0.488 e. The summed E-state index contributed by atoms with van der Waals surface area (Å²) in [5, 5.41) is 21.6. The lowest BCUT2D eigenvalue weighted by Crippen LogP contribution is -2.30. The van der Waals surface area contributed by atoms with Crippen LogP contribution in [0, 0.1) is 0 Å². The SMILES string of the molecule is CC1(C)c2ccccc2N(c2ccccc2)c2cc3c4ccccc4n(-c4ccc(B(O)O)cc4)c3cc21. The minimum Gasteiger partial charge on any atom is -0.423 e. The fourth-order valence-electron chi connectivity index (χ4n) is 6.09. The van der Waals surface area contributed by atoms with Crippen molar-refractivity contribution in [1.82, 2.24) is 4.57 Å². The van der Waals surface area contributed by atoms with Crippen LogP contribution in [0.4, 0.5) is 17.1 Å². The number of rotatable bonds is 3. The first kappa shape index (κ1) is 22.8. The number of benzene rings is 5. The Balaban J connectivity index is 1.57. The molecule has 2 N–H and O–H groups in total. The van der Waals surface area contributed by atoms with Gasteiger partial charge in [0.05, 0.1) is 22.4 Å². The van der Waals surface area contributed by atoms with Crippen LogP contribution in [0.3, 0.4) is 0 Å². The highest BCUT2D eigenvalue weighted by atomic mass is 16.4. The second-order valence-corrected chi connectivity index (χ2v) is 10.5. The molecule has 5 aromatic carbocycles. The van der Waals surface area contributed by atoms with Crippen molar-refractivity contribution in [3.8, 4) is 5.69 Å². The van der Waals surface area contributed by atoms with E-state index in [4.69, 9.17) is 0 Å². The summed E-state index contributed by atoms with van der Waals surface area (Å²) in [6.45, 7) is 4.62. The van der Waals surface area contributed by atoms with E-state index in [0.29, 0.717) is 5.46 Å². The van der Waals surface area contributed by atoms with Crippen molar-refractivity contribution in [2.24, 2.45) is 0 Å². The van der Waals surface area contributed by atoms with Crippen LogP contribution in [0.15, 0.2) is 115 Å².